The Hall–Kier alpha value is -2.60. The average Bonchev–Trinajstić information content (AvgIpc) is 3.13. The van der Waals surface area contributed by atoms with Crippen molar-refractivity contribution in [1.29, 1.82) is 0 Å². The molecule has 0 saturated carbocycles. The second kappa shape index (κ2) is 10.6. The van der Waals surface area contributed by atoms with Crippen molar-refractivity contribution in [2.75, 3.05) is 0 Å². The summed E-state index contributed by atoms with van der Waals surface area (Å²) < 4.78 is 0. The third-order valence-electron chi connectivity index (χ3n) is 7.94. The lowest BCUT2D eigenvalue weighted by atomic mass is 9.79. The van der Waals surface area contributed by atoms with Crippen LogP contribution in [-0.2, 0) is 12.8 Å². The van der Waals surface area contributed by atoms with E-state index in [1.807, 2.05) is 0 Å². The minimum atomic E-state index is 0.659. The summed E-state index contributed by atoms with van der Waals surface area (Å²) >= 11 is 0. The minimum Gasteiger partial charge on any atom is -0.0996 e. The van der Waals surface area contributed by atoms with Gasteiger partial charge in [0.05, 0.1) is 0 Å². The first-order valence-corrected chi connectivity index (χ1v) is 12.7. The topological polar surface area (TPSA) is 0 Å². The van der Waals surface area contributed by atoms with Gasteiger partial charge < -0.3 is 0 Å². The molecule has 0 saturated heterocycles. The van der Waals surface area contributed by atoms with Crippen molar-refractivity contribution in [2.24, 2.45) is 5.92 Å². The SMILES string of the molecule is C=C(CCc1cc(C)ccc1C)CC1=C(C)C2=C(C1)CC(C(=C)CCc1ccccc1)CC2. The molecule has 0 N–H and O–H groups in total. The smallest absolute Gasteiger partial charge is 0.00933 e. The van der Waals surface area contributed by atoms with Crippen molar-refractivity contribution in [1.82, 2.24) is 0 Å². The lowest BCUT2D eigenvalue weighted by Crippen LogP contribution is -2.12. The van der Waals surface area contributed by atoms with Crippen LogP contribution in [0.3, 0.4) is 0 Å². The second-order valence-corrected chi connectivity index (χ2v) is 10.4. The molecule has 2 aromatic rings. The predicted octanol–water partition coefficient (Wildman–Crippen LogP) is 9.19. The molecule has 0 spiro atoms. The largest absolute Gasteiger partial charge is 0.0996 e. The van der Waals surface area contributed by atoms with Gasteiger partial charge in [-0.15, -0.1) is 0 Å². The molecule has 172 valence electrons. The number of hydrogen-bond acceptors (Lipinski definition) is 0. The number of hydrogen-bond donors (Lipinski definition) is 0. The van der Waals surface area contributed by atoms with Crippen molar-refractivity contribution < 1.29 is 0 Å². The Balaban J connectivity index is 1.28. The summed E-state index contributed by atoms with van der Waals surface area (Å²) in [6.07, 6.45) is 10.4. The molecule has 1 unspecified atom stereocenters. The number of rotatable bonds is 9. The molecule has 33 heavy (non-hydrogen) atoms. The second-order valence-electron chi connectivity index (χ2n) is 10.4. The summed E-state index contributed by atoms with van der Waals surface area (Å²) in [5, 5.41) is 0. The Labute approximate surface area is 201 Å². The van der Waals surface area contributed by atoms with Gasteiger partial charge in [0, 0.05) is 0 Å². The molecule has 0 aliphatic heterocycles. The molecule has 0 fully saturated rings. The predicted molar refractivity (Wildman–Crippen MR) is 144 cm³/mol. The molecular formula is C33H40. The van der Waals surface area contributed by atoms with Gasteiger partial charge >= 0.3 is 0 Å². The van der Waals surface area contributed by atoms with Crippen LogP contribution in [0.1, 0.15) is 74.1 Å². The molecule has 0 bridgehead atoms. The van der Waals surface area contributed by atoms with Gasteiger partial charge in [-0.1, -0.05) is 89.5 Å². The lowest BCUT2D eigenvalue weighted by molar-refractivity contribution is 0.507. The molecule has 2 aliphatic carbocycles. The number of aryl methyl sites for hydroxylation is 4. The summed E-state index contributed by atoms with van der Waals surface area (Å²) in [4.78, 5) is 0. The summed E-state index contributed by atoms with van der Waals surface area (Å²) in [6, 6.07) is 17.6. The van der Waals surface area contributed by atoms with Gasteiger partial charge in [0.25, 0.3) is 0 Å². The number of benzene rings is 2. The highest BCUT2D eigenvalue weighted by atomic mass is 14.3. The van der Waals surface area contributed by atoms with E-state index in [2.05, 4.69) is 82.5 Å². The van der Waals surface area contributed by atoms with E-state index >= 15 is 0 Å². The van der Waals surface area contributed by atoms with Gasteiger partial charge in [-0.05, 0) is 112 Å². The zero-order valence-electron chi connectivity index (χ0n) is 21.0. The lowest BCUT2D eigenvalue weighted by Gasteiger charge is -2.26. The van der Waals surface area contributed by atoms with E-state index in [1.165, 1.54) is 59.1 Å². The Morgan fingerprint density at radius 2 is 1.73 bits per heavy atom. The average molecular weight is 437 g/mol. The van der Waals surface area contributed by atoms with Crippen molar-refractivity contribution in [3.63, 3.8) is 0 Å². The standard InChI is InChI=1S/C33H40/c1-23-11-13-25(3)29(19-23)16-12-24(2)20-31-22-32-21-30(17-18-33(32)27(31)5)26(4)14-15-28-9-7-6-8-10-28/h6-11,13,19,30H,2,4,12,14-18,20-22H2,1,3,5H3. The van der Waals surface area contributed by atoms with E-state index in [9.17, 15) is 0 Å². The van der Waals surface area contributed by atoms with Gasteiger partial charge in [0.2, 0.25) is 0 Å². The molecule has 0 amide bonds. The van der Waals surface area contributed by atoms with E-state index in [0.29, 0.717) is 5.92 Å². The van der Waals surface area contributed by atoms with Crippen LogP contribution in [0.2, 0.25) is 0 Å². The third-order valence-corrected chi connectivity index (χ3v) is 7.94. The van der Waals surface area contributed by atoms with Crippen LogP contribution in [0.4, 0.5) is 0 Å². The van der Waals surface area contributed by atoms with Crippen LogP contribution in [0.5, 0.6) is 0 Å². The monoisotopic (exact) mass is 436 g/mol. The molecule has 0 heteroatoms. The van der Waals surface area contributed by atoms with Gasteiger partial charge in [0.1, 0.15) is 0 Å². The first kappa shape index (κ1) is 23.6. The quantitative estimate of drug-likeness (QED) is 0.344. The molecule has 2 aliphatic rings. The van der Waals surface area contributed by atoms with Crippen LogP contribution in [0.15, 0.2) is 95.1 Å². The Morgan fingerprint density at radius 1 is 0.939 bits per heavy atom. The van der Waals surface area contributed by atoms with E-state index in [1.54, 1.807) is 22.3 Å². The van der Waals surface area contributed by atoms with Gasteiger partial charge in [-0.3, -0.25) is 0 Å². The first-order valence-electron chi connectivity index (χ1n) is 12.7. The molecular weight excluding hydrogens is 396 g/mol. The zero-order valence-corrected chi connectivity index (χ0v) is 21.0. The minimum absolute atomic E-state index is 0.659. The van der Waals surface area contributed by atoms with Crippen molar-refractivity contribution >= 4 is 0 Å². The van der Waals surface area contributed by atoms with Crippen molar-refractivity contribution in [3.05, 3.63) is 117 Å². The van der Waals surface area contributed by atoms with Crippen LogP contribution in [0.25, 0.3) is 0 Å². The fraction of sp³-hybridized carbons (Fsp3) is 0.394. The molecule has 0 aromatic heterocycles. The molecule has 4 rings (SSSR count). The highest BCUT2D eigenvalue weighted by molar-refractivity contribution is 5.49. The summed E-state index contributed by atoms with van der Waals surface area (Å²) in [5.41, 5.74) is 15.1. The Bertz CT molecular complexity index is 1090. The highest BCUT2D eigenvalue weighted by Crippen LogP contribution is 2.46. The van der Waals surface area contributed by atoms with Crippen LogP contribution in [-0.4, -0.2) is 0 Å². The molecule has 2 aromatic carbocycles. The van der Waals surface area contributed by atoms with Crippen LogP contribution in [0, 0.1) is 19.8 Å². The Kier molecular flexibility index (Phi) is 7.53. The molecule has 0 heterocycles. The maximum absolute atomic E-state index is 4.51. The molecule has 0 nitrogen and oxygen atoms in total. The van der Waals surface area contributed by atoms with Crippen LogP contribution >= 0.6 is 0 Å². The maximum atomic E-state index is 4.51. The van der Waals surface area contributed by atoms with E-state index in [4.69, 9.17) is 0 Å². The Morgan fingerprint density at radius 3 is 2.52 bits per heavy atom. The normalized spacial score (nSPS) is 18.0. The van der Waals surface area contributed by atoms with Gasteiger partial charge in [-0.25, -0.2) is 0 Å². The third kappa shape index (κ3) is 5.85. The highest BCUT2D eigenvalue weighted by Gasteiger charge is 2.29. The molecule has 1 atom stereocenters. The van der Waals surface area contributed by atoms with Gasteiger partial charge in [-0.2, -0.15) is 0 Å². The molecule has 0 radical (unpaired) electrons. The fourth-order valence-corrected chi connectivity index (χ4v) is 5.72. The van der Waals surface area contributed by atoms with Gasteiger partial charge in [0.15, 0.2) is 0 Å². The summed E-state index contributed by atoms with van der Waals surface area (Å²) in [7, 11) is 0. The summed E-state index contributed by atoms with van der Waals surface area (Å²) in [5.74, 6) is 0.659. The van der Waals surface area contributed by atoms with E-state index in [0.717, 1.165) is 32.1 Å². The summed E-state index contributed by atoms with van der Waals surface area (Å²) in [6.45, 7) is 15.7. The van der Waals surface area contributed by atoms with E-state index in [-0.39, 0.29) is 0 Å². The number of allylic oxidation sites excluding steroid dienone is 6. The van der Waals surface area contributed by atoms with Crippen molar-refractivity contribution in [3.8, 4) is 0 Å². The van der Waals surface area contributed by atoms with Crippen LogP contribution < -0.4 is 0 Å². The maximum Gasteiger partial charge on any atom is -0.00933 e. The van der Waals surface area contributed by atoms with Crippen molar-refractivity contribution in [2.45, 2.75) is 78.6 Å². The zero-order chi connectivity index (χ0) is 23.4. The fourth-order valence-electron chi connectivity index (χ4n) is 5.72. The first-order chi connectivity index (χ1) is 15.9. The van der Waals surface area contributed by atoms with E-state index < -0.39 is 0 Å².